The Bertz CT molecular complexity index is 121. The zero-order chi connectivity index (χ0) is 7.94. The third-order valence-electron chi connectivity index (χ3n) is 1.63. The van der Waals surface area contributed by atoms with E-state index >= 15 is 0 Å². The molecule has 1 rings (SSSR count). The van der Waals surface area contributed by atoms with Crippen molar-refractivity contribution in [3.05, 3.63) is 12.4 Å². The number of nitrogens with zero attached hydrogens (tertiary/aromatic N) is 1. The molecule has 64 valence electrons. The monoisotopic (exact) mass is 173 g/mol. The quantitative estimate of drug-likeness (QED) is 0.631. The Hall–Kier alpha value is -0.350. The molecule has 1 fully saturated rings. The number of nitrogens with one attached hydrogen (secondary N) is 1. The first-order valence-electron chi connectivity index (χ1n) is 3.83. The van der Waals surface area contributed by atoms with Crippen LogP contribution in [0.5, 0.6) is 0 Å². The molecule has 1 aliphatic heterocycles. The summed E-state index contributed by atoms with van der Waals surface area (Å²) in [5.41, 5.74) is 5.18. The van der Waals surface area contributed by atoms with Crippen molar-refractivity contribution in [2.75, 3.05) is 31.3 Å². The molecule has 0 radical (unpaired) electrons. The largest absolute Gasteiger partial charge is 0.403 e. The Kier molecular flexibility index (Phi) is 4.23. The van der Waals surface area contributed by atoms with E-state index in [0.717, 1.165) is 6.67 Å². The molecule has 0 aromatic rings. The Morgan fingerprint density at radius 2 is 2.18 bits per heavy atom. The van der Waals surface area contributed by atoms with Crippen LogP contribution in [-0.4, -0.2) is 36.2 Å². The van der Waals surface area contributed by atoms with Crippen LogP contribution in [0.15, 0.2) is 12.4 Å². The van der Waals surface area contributed by atoms with Crippen LogP contribution in [0.25, 0.3) is 0 Å². The average molecular weight is 173 g/mol. The van der Waals surface area contributed by atoms with Crippen molar-refractivity contribution in [1.29, 1.82) is 0 Å². The number of hydrogen-bond acceptors (Lipinski definition) is 4. The summed E-state index contributed by atoms with van der Waals surface area (Å²) < 4.78 is 0. The molecule has 0 atom stereocenters. The molecule has 1 aliphatic rings. The molecule has 3 N–H and O–H groups in total. The molecular formula is C7H15N3S. The molecule has 0 unspecified atom stereocenters. The molecule has 0 aliphatic carbocycles. The lowest BCUT2D eigenvalue weighted by atomic mass is 10.5. The predicted molar refractivity (Wildman–Crippen MR) is 50.2 cm³/mol. The molecule has 1 saturated heterocycles. The molecule has 0 aromatic carbocycles. The van der Waals surface area contributed by atoms with Gasteiger partial charge in [0.1, 0.15) is 0 Å². The van der Waals surface area contributed by atoms with Crippen molar-refractivity contribution < 1.29 is 0 Å². The van der Waals surface area contributed by atoms with Gasteiger partial charge in [-0.15, -0.1) is 0 Å². The van der Waals surface area contributed by atoms with Crippen molar-refractivity contribution in [2.45, 2.75) is 0 Å². The molecule has 4 heteroatoms. The van der Waals surface area contributed by atoms with E-state index in [4.69, 9.17) is 5.73 Å². The fraction of sp³-hybridized carbons (Fsp3) is 0.714. The summed E-state index contributed by atoms with van der Waals surface area (Å²) in [5.74, 6) is 2.52. The highest BCUT2D eigenvalue weighted by atomic mass is 32.2. The number of thioether (sulfide) groups is 1. The van der Waals surface area contributed by atoms with E-state index in [-0.39, 0.29) is 0 Å². The Balaban J connectivity index is 2.04. The molecule has 1 heterocycles. The predicted octanol–water partition coefficient (Wildman–Crippen LogP) is 0.0122. The Labute approximate surface area is 72.0 Å². The lowest BCUT2D eigenvalue weighted by molar-refractivity contribution is 0.292. The molecule has 0 bridgehead atoms. The number of nitrogens with two attached hydrogens (primary N) is 1. The van der Waals surface area contributed by atoms with Crippen molar-refractivity contribution in [1.82, 2.24) is 10.2 Å². The summed E-state index contributed by atoms with van der Waals surface area (Å²) in [7, 11) is 0. The summed E-state index contributed by atoms with van der Waals surface area (Å²) in [5, 5.41) is 3.12. The first-order chi connectivity index (χ1) is 5.43. The molecular weight excluding hydrogens is 158 g/mol. The van der Waals surface area contributed by atoms with E-state index in [9.17, 15) is 0 Å². The third kappa shape index (κ3) is 3.53. The second-order valence-corrected chi connectivity index (χ2v) is 3.68. The second-order valence-electron chi connectivity index (χ2n) is 2.45. The van der Waals surface area contributed by atoms with Crippen LogP contribution in [0.2, 0.25) is 0 Å². The lowest BCUT2D eigenvalue weighted by Gasteiger charge is -2.25. The van der Waals surface area contributed by atoms with Crippen LogP contribution in [0, 0.1) is 0 Å². The van der Waals surface area contributed by atoms with E-state index < -0.39 is 0 Å². The first kappa shape index (κ1) is 8.74. The van der Waals surface area contributed by atoms with E-state index in [1.807, 2.05) is 11.8 Å². The third-order valence-corrected chi connectivity index (χ3v) is 2.58. The summed E-state index contributed by atoms with van der Waals surface area (Å²) in [6.07, 6.45) is 3.31. The Morgan fingerprint density at radius 1 is 1.45 bits per heavy atom. The van der Waals surface area contributed by atoms with Gasteiger partial charge in [0, 0.05) is 37.0 Å². The zero-order valence-corrected chi connectivity index (χ0v) is 7.44. The molecule has 0 amide bonds. The van der Waals surface area contributed by atoms with Crippen LogP contribution in [-0.2, 0) is 0 Å². The fourth-order valence-electron chi connectivity index (χ4n) is 1.01. The maximum atomic E-state index is 5.18. The molecule has 0 saturated carbocycles. The van der Waals surface area contributed by atoms with E-state index in [0.29, 0.717) is 0 Å². The number of hydrogen-bond donors (Lipinski definition) is 2. The normalized spacial score (nSPS) is 20.7. The van der Waals surface area contributed by atoms with Crippen LogP contribution >= 0.6 is 11.8 Å². The summed E-state index contributed by atoms with van der Waals surface area (Å²) in [4.78, 5) is 2.39. The van der Waals surface area contributed by atoms with Gasteiger partial charge in [-0.25, -0.2) is 0 Å². The van der Waals surface area contributed by atoms with Crippen LogP contribution < -0.4 is 11.1 Å². The van der Waals surface area contributed by atoms with Crippen molar-refractivity contribution in [2.24, 2.45) is 5.73 Å². The standard InChI is InChI=1S/C7H15N3S/c8-1-2-9-7-10-3-5-11-6-4-10/h1-2,9H,3-8H2. The van der Waals surface area contributed by atoms with Gasteiger partial charge in [-0.3, -0.25) is 4.90 Å². The average Bonchev–Trinajstić information content (AvgIpc) is 2.07. The minimum atomic E-state index is 0.925. The van der Waals surface area contributed by atoms with Crippen LogP contribution in [0.4, 0.5) is 0 Å². The molecule has 0 aromatic heterocycles. The lowest BCUT2D eigenvalue weighted by Crippen LogP contribution is -2.38. The van der Waals surface area contributed by atoms with Gasteiger partial charge >= 0.3 is 0 Å². The maximum Gasteiger partial charge on any atom is 0.0674 e. The second kappa shape index (κ2) is 5.32. The highest BCUT2D eigenvalue weighted by molar-refractivity contribution is 7.99. The highest BCUT2D eigenvalue weighted by Crippen LogP contribution is 2.07. The summed E-state index contributed by atoms with van der Waals surface area (Å²) in [6.45, 7) is 3.31. The molecule has 11 heavy (non-hydrogen) atoms. The van der Waals surface area contributed by atoms with Gasteiger partial charge in [0.25, 0.3) is 0 Å². The number of rotatable bonds is 3. The van der Waals surface area contributed by atoms with Gasteiger partial charge in [-0.2, -0.15) is 11.8 Å². The van der Waals surface area contributed by atoms with Gasteiger partial charge in [0.2, 0.25) is 0 Å². The minimum absolute atomic E-state index is 0.925. The summed E-state index contributed by atoms with van der Waals surface area (Å²) in [6, 6.07) is 0. The van der Waals surface area contributed by atoms with Crippen molar-refractivity contribution in [3.8, 4) is 0 Å². The topological polar surface area (TPSA) is 41.3 Å². The molecule has 0 spiro atoms. The SMILES string of the molecule is NC=CNCN1CCSCC1. The summed E-state index contributed by atoms with van der Waals surface area (Å²) >= 11 is 2.03. The van der Waals surface area contributed by atoms with Crippen molar-refractivity contribution in [3.63, 3.8) is 0 Å². The van der Waals surface area contributed by atoms with Gasteiger partial charge in [0.05, 0.1) is 6.67 Å². The van der Waals surface area contributed by atoms with Crippen LogP contribution in [0.1, 0.15) is 0 Å². The van der Waals surface area contributed by atoms with Gasteiger partial charge in [-0.1, -0.05) is 0 Å². The Morgan fingerprint density at radius 3 is 2.82 bits per heavy atom. The van der Waals surface area contributed by atoms with Crippen molar-refractivity contribution >= 4 is 11.8 Å². The maximum absolute atomic E-state index is 5.18. The van der Waals surface area contributed by atoms with E-state index in [1.54, 1.807) is 6.20 Å². The minimum Gasteiger partial charge on any atom is -0.403 e. The van der Waals surface area contributed by atoms with E-state index in [1.165, 1.54) is 30.8 Å². The van der Waals surface area contributed by atoms with Gasteiger partial charge in [-0.05, 0) is 0 Å². The molecule has 3 nitrogen and oxygen atoms in total. The first-order valence-corrected chi connectivity index (χ1v) is 4.99. The smallest absolute Gasteiger partial charge is 0.0674 e. The fourth-order valence-corrected chi connectivity index (χ4v) is 1.99. The van der Waals surface area contributed by atoms with Gasteiger partial charge < -0.3 is 11.1 Å². The van der Waals surface area contributed by atoms with E-state index in [2.05, 4.69) is 10.2 Å². The van der Waals surface area contributed by atoms with Gasteiger partial charge in [0.15, 0.2) is 0 Å². The van der Waals surface area contributed by atoms with Crippen LogP contribution in [0.3, 0.4) is 0 Å². The zero-order valence-electron chi connectivity index (χ0n) is 6.62. The highest BCUT2D eigenvalue weighted by Gasteiger charge is 2.07.